The third-order valence-electron chi connectivity index (χ3n) is 4.77. The zero-order chi connectivity index (χ0) is 22.9. The minimum Gasteiger partial charge on any atom is -0.406 e. The van der Waals surface area contributed by atoms with E-state index in [1.54, 1.807) is 13.0 Å². The van der Waals surface area contributed by atoms with Crippen LogP contribution in [0.15, 0.2) is 36.9 Å². The van der Waals surface area contributed by atoms with Gasteiger partial charge >= 0.3 is 6.36 Å². The van der Waals surface area contributed by atoms with Gasteiger partial charge in [-0.3, -0.25) is 4.79 Å². The number of carbonyl (C=O) groups is 1. The Morgan fingerprint density at radius 3 is 2.69 bits per heavy atom. The van der Waals surface area contributed by atoms with E-state index in [0.29, 0.717) is 11.4 Å². The fraction of sp³-hybridized carbons (Fsp3) is 0.300. The molecule has 2 aromatic heterocycles. The van der Waals surface area contributed by atoms with Crippen molar-refractivity contribution in [3.63, 3.8) is 0 Å². The summed E-state index contributed by atoms with van der Waals surface area (Å²) < 4.78 is 43.5. The second kappa shape index (κ2) is 8.26. The monoisotopic (exact) mass is 443 g/mol. The summed E-state index contributed by atoms with van der Waals surface area (Å²) in [6, 6.07) is 6.56. The van der Waals surface area contributed by atoms with E-state index in [9.17, 15) is 18.0 Å². The maximum atomic E-state index is 12.8. The Morgan fingerprint density at radius 2 is 2.00 bits per heavy atom. The highest BCUT2D eigenvalue weighted by atomic mass is 19.4. The van der Waals surface area contributed by atoms with E-state index in [2.05, 4.69) is 30.1 Å². The molecule has 0 bridgehead atoms. The molecule has 0 unspecified atom stereocenters. The van der Waals surface area contributed by atoms with Crippen LogP contribution in [0.3, 0.4) is 0 Å². The molecule has 1 atom stereocenters. The highest BCUT2D eigenvalue weighted by Gasteiger charge is 2.33. The van der Waals surface area contributed by atoms with Crippen molar-refractivity contribution in [2.45, 2.75) is 38.1 Å². The molecule has 1 fully saturated rings. The Bertz CT molecular complexity index is 1200. The molecule has 9 nitrogen and oxygen atoms in total. The first-order valence-electron chi connectivity index (χ1n) is 9.57. The Kier molecular flexibility index (Phi) is 5.48. The van der Waals surface area contributed by atoms with Crippen LogP contribution >= 0.6 is 0 Å². The summed E-state index contributed by atoms with van der Waals surface area (Å²) in [6.07, 6.45) is -0.706. The number of nitriles is 1. The first-order chi connectivity index (χ1) is 15.2. The van der Waals surface area contributed by atoms with Crippen molar-refractivity contribution in [3.8, 4) is 17.6 Å². The number of benzene rings is 1. The van der Waals surface area contributed by atoms with E-state index in [-0.39, 0.29) is 23.0 Å². The van der Waals surface area contributed by atoms with E-state index in [1.807, 2.05) is 6.07 Å². The Balaban J connectivity index is 1.57. The van der Waals surface area contributed by atoms with Crippen LogP contribution in [-0.2, 0) is 0 Å². The molecule has 1 N–H and O–H groups in total. The van der Waals surface area contributed by atoms with Gasteiger partial charge in [0.1, 0.15) is 30.2 Å². The van der Waals surface area contributed by atoms with Crippen molar-refractivity contribution in [2.75, 3.05) is 0 Å². The van der Waals surface area contributed by atoms with Gasteiger partial charge in [0.25, 0.3) is 5.91 Å². The minimum absolute atomic E-state index is 0.0420. The van der Waals surface area contributed by atoms with Crippen molar-refractivity contribution in [1.82, 2.24) is 30.0 Å². The number of halogens is 3. The zero-order valence-electron chi connectivity index (χ0n) is 16.7. The van der Waals surface area contributed by atoms with Crippen LogP contribution in [0.5, 0.6) is 5.75 Å². The molecule has 0 radical (unpaired) electrons. The van der Waals surface area contributed by atoms with Crippen molar-refractivity contribution in [2.24, 2.45) is 0 Å². The van der Waals surface area contributed by atoms with Crippen molar-refractivity contribution < 1.29 is 22.7 Å². The summed E-state index contributed by atoms with van der Waals surface area (Å²) in [6.45, 7) is 1.64. The van der Waals surface area contributed by atoms with E-state index >= 15 is 0 Å². The number of aromatic nitrogens is 5. The molecular formula is C20H16F3N7O2. The molecule has 1 aromatic carbocycles. The summed E-state index contributed by atoms with van der Waals surface area (Å²) in [4.78, 5) is 24.8. The number of hydrogen-bond acceptors (Lipinski definition) is 7. The maximum absolute atomic E-state index is 12.8. The third-order valence-corrected chi connectivity index (χ3v) is 4.77. The molecule has 1 amide bonds. The Morgan fingerprint density at radius 1 is 1.22 bits per heavy atom. The molecular weight excluding hydrogens is 427 g/mol. The smallest absolute Gasteiger partial charge is 0.406 e. The van der Waals surface area contributed by atoms with Crippen molar-refractivity contribution in [1.29, 1.82) is 5.26 Å². The van der Waals surface area contributed by atoms with Gasteiger partial charge in [-0.25, -0.2) is 15.0 Å². The van der Waals surface area contributed by atoms with E-state index < -0.39 is 24.1 Å². The lowest BCUT2D eigenvalue weighted by atomic mass is 10.1. The SMILES string of the molecule is C[C@H](NC(=O)c1cc(OC(F)(F)F)cc(C2CC2)c1)c1ncnn1-c1cc(C#N)ncn1. The minimum atomic E-state index is -4.86. The summed E-state index contributed by atoms with van der Waals surface area (Å²) in [7, 11) is 0. The van der Waals surface area contributed by atoms with Gasteiger partial charge in [-0.15, -0.1) is 13.2 Å². The summed E-state index contributed by atoms with van der Waals surface area (Å²) in [5, 5.41) is 15.8. The van der Waals surface area contributed by atoms with Crippen molar-refractivity contribution in [3.05, 3.63) is 59.6 Å². The van der Waals surface area contributed by atoms with Crippen LogP contribution in [0, 0.1) is 11.3 Å². The zero-order valence-corrected chi connectivity index (χ0v) is 16.7. The molecule has 1 aliphatic carbocycles. The van der Waals surface area contributed by atoms with E-state index in [1.165, 1.54) is 29.5 Å². The second-order valence-electron chi connectivity index (χ2n) is 7.21. The Hall–Kier alpha value is -4.01. The number of carbonyl (C=O) groups excluding carboxylic acids is 1. The number of alkyl halides is 3. The molecule has 3 aromatic rings. The number of amides is 1. The Labute approximate surface area is 179 Å². The summed E-state index contributed by atoms with van der Waals surface area (Å²) >= 11 is 0. The molecule has 1 aliphatic rings. The van der Waals surface area contributed by atoms with Gasteiger partial charge in [0.05, 0.1) is 6.04 Å². The molecule has 2 heterocycles. The van der Waals surface area contributed by atoms with Gasteiger partial charge in [0.2, 0.25) is 0 Å². The van der Waals surface area contributed by atoms with Crippen molar-refractivity contribution >= 4 is 5.91 Å². The highest BCUT2D eigenvalue weighted by Crippen LogP contribution is 2.42. The fourth-order valence-corrected chi connectivity index (χ4v) is 3.19. The first kappa shape index (κ1) is 21.2. The van der Waals surface area contributed by atoms with E-state index in [4.69, 9.17) is 5.26 Å². The van der Waals surface area contributed by atoms with Crippen LogP contribution in [-0.4, -0.2) is 37.0 Å². The van der Waals surface area contributed by atoms with Crippen LogP contribution in [0.4, 0.5) is 13.2 Å². The molecule has 0 aliphatic heterocycles. The van der Waals surface area contributed by atoms with Gasteiger partial charge in [-0.1, -0.05) is 0 Å². The van der Waals surface area contributed by atoms with Gasteiger partial charge in [-0.2, -0.15) is 15.0 Å². The number of ether oxygens (including phenoxy) is 1. The summed E-state index contributed by atoms with van der Waals surface area (Å²) in [5.41, 5.74) is 0.792. The quantitative estimate of drug-likeness (QED) is 0.621. The first-order valence-corrected chi connectivity index (χ1v) is 9.57. The van der Waals surface area contributed by atoms with Gasteiger partial charge in [-0.05, 0) is 49.4 Å². The van der Waals surface area contributed by atoms with Crippen LogP contribution < -0.4 is 10.1 Å². The molecule has 1 saturated carbocycles. The maximum Gasteiger partial charge on any atom is 0.573 e. The standard InChI is InChI=1S/C20H16F3N7O2/c1-11(18-27-10-28-30(18)17-7-15(8-24)25-9-26-17)29-19(31)14-4-13(12-2-3-12)5-16(6-14)32-20(21,22)23/h4-7,9-12H,2-3H2,1H3,(H,29,31)/t11-/m0/s1. The highest BCUT2D eigenvalue weighted by molar-refractivity contribution is 5.95. The normalized spacial score (nSPS) is 14.5. The molecule has 4 rings (SSSR count). The topological polar surface area (TPSA) is 119 Å². The largest absolute Gasteiger partial charge is 0.573 e. The molecule has 12 heteroatoms. The average molecular weight is 443 g/mol. The number of rotatable bonds is 6. The molecule has 164 valence electrons. The number of nitrogens with zero attached hydrogens (tertiary/aromatic N) is 6. The fourth-order valence-electron chi connectivity index (χ4n) is 3.19. The number of nitrogens with one attached hydrogen (secondary N) is 1. The lowest BCUT2D eigenvalue weighted by Gasteiger charge is -2.16. The van der Waals surface area contributed by atoms with Gasteiger partial charge in [0.15, 0.2) is 11.6 Å². The predicted molar refractivity (Wildman–Crippen MR) is 103 cm³/mol. The molecule has 0 spiro atoms. The van der Waals surface area contributed by atoms with Crippen LogP contribution in [0.25, 0.3) is 5.82 Å². The van der Waals surface area contributed by atoms with Gasteiger partial charge in [0, 0.05) is 11.6 Å². The lowest BCUT2D eigenvalue weighted by molar-refractivity contribution is -0.274. The second-order valence-corrected chi connectivity index (χ2v) is 7.21. The third kappa shape index (κ3) is 4.83. The van der Waals surface area contributed by atoms with Crippen LogP contribution in [0.2, 0.25) is 0 Å². The van der Waals surface area contributed by atoms with Crippen LogP contribution in [0.1, 0.15) is 59.2 Å². The molecule has 0 saturated heterocycles. The average Bonchev–Trinajstić information content (AvgIpc) is 3.48. The predicted octanol–water partition coefficient (Wildman–Crippen LogP) is 3.20. The van der Waals surface area contributed by atoms with E-state index in [0.717, 1.165) is 18.9 Å². The summed E-state index contributed by atoms with van der Waals surface area (Å²) in [5.74, 6) is -0.325. The van der Waals surface area contributed by atoms with Gasteiger partial charge < -0.3 is 10.1 Å². The molecule has 32 heavy (non-hydrogen) atoms. The number of hydrogen-bond donors (Lipinski definition) is 1. The lowest BCUT2D eigenvalue weighted by Crippen LogP contribution is -2.29.